The highest BCUT2D eigenvalue weighted by Crippen LogP contribution is 2.21. The number of rotatable bonds is 5. The number of nitrogens with zero attached hydrogens (tertiary/aromatic N) is 1. The molecule has 4 nitrogen and oxygen atoms in total. The number of hydrogen-bond acceptors (Lipinski definition) is 3. The Bertz CT molecular complexity index is 407. The monoisotopic (exact) mass is 233 g/mol. The molecule has 0 N–H and O–H groups in total. The molecule has 1 aliphatic heterocycles. The first-order valence-electron chi connectivity index (χ1n) is 5.78. The Kier molecular flexibility index (Phi) is 3.54. The van der Waals surface area contributed by atoms with E-state index in [9.17, 15) is 9.59 Å². The van der Waals surface area contributed by atoms with Gasteiger partial charge in [-0.3, -0.25) is 14.5 Å². The zero-order valence-corrected chi connectivity index (χ0v) is 9.81. The molecule has 0 radical (unpaired) electrons. The van der Waals surface area contributed by atoms with E-state index < -0.39 is 0 Å². The van der Waals surface area contributed by atoms with Crippen LogP contribution in [-0.4, -0.2) is 36.5 Å². The lowest BCUT2D eigenvalue weighted by atomic mass is 10.1. The Morgan fingerprint density at radius 3 is 2.18 bits per heavy atom. The maximum absolute atomic E-state index is 11.9. The molecule has 0 saturated heterocycles. The summed E-state index contributed by atoms with van der Waals surface area (Å²) in [6, 6.07) is 6.90. The highest BCUT2D eigenvalue weighted by molar-refractivity contribution is 6.21. The molecule has 0 aromatic heterocycles. The highest BCUT2D eigenvalue weighted by Gasteiger charge is 2.34. The number of carbonyl (C=O) groups is 2. The number of benzene rings is 1. The molecule has 0 bridgehead atoms. The Labute approximate surface area is 100 Å². The molecule has 0 saturated carbocycles. The van der Waals surface area contributed by atoms with Crippen LogP contribution in [0.15, 0.2) is 24.3 Å². The fourth-order valence-electron chi connectivity index (χ4n) is 1.84. The van der Waals surface area contributed by atoms with Crippen molar-refractivity contribution in [3.63, 3.8) is 0 Å². The molecule has 0 aliphatic carbocycles. The fraction of sp³-hybridized carbons (Fsp3) is 0.385. The van der Waals surface area contributed by atoms with Gasteiger partial charge >= 0.3 is 0 Å². The molecule has 0 atom stereocenters. The summed E-state index contributed by atoms with van der Waals surface area (Å²) in [6.07, 6.45) is 0.933. The van der Waals surface area contributed by atoms with Gasteiger partial charge in [-0.25, -0.2) is 0 Å². The SMILES string of the molecule is CCCOCCN1C(=O)c2ccccc2C1=O. The van der Waals surface area contributed by atoms with E-state index in [1.165, 1.54) is 4.90 Å². The van der Waals surface area contributed by atoms with Crippen LogP contribution in [0.1, 0.15) is 34.1 Å². The largest absolute Gasteiger partial charge is 0.380 e. The van der Waals surface area contributed by atoms with Crippen LogP contribution in [0.3, 0.4) is 0 Å². The van der Waals surface area contributed by atoms with Crippen molar-refractivity contribution in [2.24, 2.45) is 0 Å². The maximum atomic E-state index is 11.9. The average molecular weight is 233 g/mol. The van der Waals surface area contributed by atoms with E-state index >= 15 is 0 Å². The van der Waals surface area contributed by atoms with E-state index in [2.05, 4.69) is 0 Å². The van der Waals surface area contributed by atoms with Crippen molar-refractivity contribution >= 4 is 11.8 Å². The molecule has 1 aromatic carbocycles. The quantitative estimate of drug-likeness (QED) is 0.574. The van der Waals surface area contributed by atoms with Crippen LogP contribution in [0.2, 0.25) is 0 Å². The lowest BCUT2D eigenvalue weighted by Gasteiger charge is -2.13. The second kappa shape index (κ2) is 5.10. The Morgan fingerprint density at radius 1 is 1.06 bits per heavy atom. The molecular weight excluding hydrogens is 218 g/mol. The summed E-state index contributed by atoms with van der Waals surface area (Å²) in [5.74, 6) is -0.434. The molecule has 1 heterocycles. The molecule has 4 heteroatoms. The van der Waals surface area contributed by atoms with Crippen molar-refractivity contribution in [2.45, 2.75) is 13.3 Å². The van der Waals surface area contributed by atoms with Crippen molar-refractivity contribution in [2.75, 3.05) is 19.8 Å². The summed E-state index contributed by atoms with van der Waals surface area (Å²) in [5, 5.41) is 0. The standard InChI is InChI=1S/C13H15NO3/c1-2-8-17-9-7-14-12(15)10-5-3-4-6-11(10)13(14)16/h3-6H,2,7-9H2,1H3. The highest BCUT2D eigenvalue weighted by atomic mass is 16.5. The van der Waals surface area contributed by atoms with E-state index in [4.69, 9.17) is 4.74 Å². The summed E-state index contributed by atoms with van der Waals surface area (Å²) in [4.78, 5) is 25.1. The van der Waals surface area contributed by atoms with Gasteiger partial charge in [0, 0.05) is 6.61 Å². The molecule has 0 fully saturated rings. The average Bonchev–Trinajstić information content (AvgIpc) is 2.60. The third-order valence-corrected chi connectivity index (χ3v) is 2.69. The molecule has 90 valence electrons. The van der Waals surface area contributed by atoms with Gasteiger partial charge in [-0.15, -0.1) is 0 Å². The van der Waals surface area contributed by atoms with Crippen LogP contribution >= 0.6 is 0 Å². The number of imide groups is 1. The summed E-state index contributed by atoms with van der Waals surface area (Å²) >= 11 is 0. The summed E-state index contributed by atoms with van der Waals surface area (Å²) < 4.78 is 5.29. The van der Waals surface area contributed by atoms with Crippen LogP contribution in [0, 0.1) is 0 Å². The molecular formula is C13H15NO3. The zero-order chi connectivity index (χ0) is 12.3. The number of carbonyl (C=O) groups excluding carboxylic acids is 2. The first kappa shape index (κ1) is 11.8. The number of hydrogen-bond donors (Lipinski definition) is 0. The van der Waals surface area contributed by atoms with Crippen molar-refractivity contribution in [3.05, 3.63) is 35.4 Å². The number of fused-ring (bicyclic) bond motifs is 1. The third-order valence-electron chi connectivity index (χ3n) is 2.69. The van der Waals surface area contributed by atoms with Crippen LogP contribution in [-0.2, 0) is 4.74 Å². The van der Waals surface area contributed by atoms with Crippen LogP contribution in [0.25, 0.3) is 0 Å². The second-order valence-corrected chi connectivity index (χ2v) is 3.92. The van der Waals surface area contributed by atoms with Gasteiger partial charge in [0.15, 0.2) is 0 Å². The molecule has 1 aliphatic rings. The Morgan fingerprint density at radius 2 is 1.65 bits per heavy atom. The number of amides is 2. The summed E-state index contributed by atoms with van der Waals surface area (Å²) in [5.41, 5.74) is 0.987. The molecule has 1 aromatic rings. The van der Waals surface area contributed by atoms with Gasteiger partial charge in [-0.2, -0.15) is 0 Å². The minimum absolute atomic E-state index is 0.217. The van der Waals surface area contributed by atoms with E-state index in [0.29, 0.717) is 30.9 Å². The lowest BCUT2D eigenvalue weighted by molar-refractivity contribution is 0.0564. The third kappa shape index (κ3) is 2.22. The van der Waals surface area contributed by atoms with Gasteiger partial charge in [0.1, 0.15) is 0 Å². The molecule has 0 unspecified atom stereocenters. The van der Waals surface area contributed by atoms with Gasteiger partial charge < -0.3 is 4.74 Å². The van der Waals surface area contributed by atoms with Gasteiger partial charge in [-0.05, 0) is 18.6 Å². The molecule has 17 heavy (non-hydrogen) atoms. The van der Waals surface area contributed by atoms with Crippen LogP contribution in [0.5, 0.6) is 0 Å². The van der Waals surface area contributed by atoms with Crippen LogP contribution < -0.4 is 0 Å². The first-order valence-corrected chi connectivity index (χ1v) is 5.78. The smallest absolute Gasteiger partial charge is 0.261 e. The lowest BCUT2D eigenvalue weighted by Crippen LogP contribution is -2.33. The van der Waals surface area contributed by atoms with E-state index in [0.717, 1.165) is 6.42 Å². The van der Waals surface area contributed by atoms with E-state index in [1.807, 2.05) is 6.92 Å². The fourth-order valence-corrected chi connectivity index (χ4v) is 1.84. The first-order chi connectivity index (χ1) is 8.25. The van der Waals surface area contributed by atoms with Gasteiger partial charge in [-0.1, -0.05) is 19.1 Å². The van der Waals surface area contributed by atoms with Crippen LogP contribution in [0.4, 0.5) is 0 Å². The van der Waals surface area contributed by atoms with E-state index in [-0.39, 0.29) is 11.8 Å². The van der Waals surface area contributed by atoms with Crippen molar-refractivity contribution < 1.29 is 14.3 Å². The van der Waals surface area contributed by atoms with Gasteiger partial charge in [0.2, 0.25) is 0 Å². The van der Waals surface area contributed by atoms with Crippen molar-refractivity contribution in [3.8, 4) is 0 Å². The normalized spacial score (nSPS) is 14.3. The predicted molar refractivity (Wildman–Crippen MR) is 62.9 cm³/mol. The van der Waals surface area contributed by atoms with Crippen molar-refractivity contribution in [1.82, 2.24) is 4.90 Å². The second-order valence-electron chi connectivity index (χ2n) is 3.92. The maximum Gasteiger partial charge on any atom is 0.261 e. The zero-order valence-electron chi connectivity index (χ0n) is 9.81. The Hall–Kier alpha value is -1.68. The number of ether oxygens (including phenoxy) is 1. The predicted octanol–water partition coefficient (Wildman–Crippen LogP) is 1.71. The molecule has 2 amide bonds. The molecule has 0 spiro atoms. The minimum Gasteiger partial charge on any atom is -0.380 e. The summed E-state index contributed by atoms with van der Waals surface area (Å²) in [7, 11) is 0. The summed E-state index contributed by atoms with van der Waals surface area (Å²) in [6.45, 7) is 3.40. The van der Waals surface area contributed by atoms with Crippen molar-refractivity contribution in [1.29, 1.82) is 0 Å². The molecule has 2 rings (SSSR count). The Balaban J connectivity index is 2.03. The van der Waals surface area contributed by atoms with Gasteiger partial charge in [0.05, 0.1) is 24.3 Å². The topological polar surface area (TPSA) is 46.6 Å². The van der Waals surface area contributed by atoms with E-state index in [1.54, 1.807) is 24.3 Å². The minimum atomic E-state index is -0.217. The van der Waals surface area contributed by atoms with Gasteiger partial charge in [0.25, 0.3) is 11.8 Å².